The Kier molecular flexibility index (Phi) is 3.39. The molecule has 0 fully saturated rings. The van der Waals surface area contributed by atoms with Gasteiger partial charge >= 0.3 is 6.18 Å². The van der Waals surface area contributed by atoms with Crippen molar-refractivity contribution < 1.29 is 13.2 Å². The van der Waals surface area contributed by atoms with Crippen molar-refractivity contribution in [3.63, 3.8) is 0 Å². The maximum absolute atomic E-state index is 11.7. The fourth-order valence-electron chi connectivity index (χ4n) is 1.14. The molecule has 0 spiro atoms. The summed E-state index contributed by atoms with van der Waals surface area (Å²) in [4.78, 5) is 0. The third kappa shape index (κ3) is 4.60. The quantitative estimate of drug-likeness (QED) is 0.644. The van der Waals surface area contributed by atoms with E-state index in [2.05, 4.69) is 0 Å². The van der Waals surface area contributed by atoms with Crippen molar-refractivity contribution in [3.05, 3.63) is 24.5 Å². The van der Waals surface area contributed by atoms with Gasteiger partial charge < -0.3 is 4.57 Å². The molecule has 0 aromatic carbocycles. The van der Waals surface area contributed by atoms with Gasteiger partial charge in [-0.3, -0.25) is 0 Å². The molecule has 0 radical (unpaired) electrons. The highest BCUT2D eigenvalue weighted by molar-refractivity contribution is 4.89. The Balaban J connectivity index is 2.09. The van der Waals surface area contributed by atoms with Gasteiger partial charge in [0.05, 0.1) is 0 Å². The van der Waals surface area contributed by atoms with Crippen LogP contribution in [-0.2, 0) is 6.54 Å². The van der Waals surface area contributed by atoms with E-state index in [0.29, 0.717) is 13.0 Å². The minimum absolute atomic E-state index is 0.210. The average Bonchev–Trinajstić information content (AvgIpc) is 2.48. The van der Waals surface area contributed by atoms with Crippen molar-refractivity contribution in [3.8, 4) is 0 Å². The lowest BCUT2D eigenvalue weighted by atomic mass is 10.2. The molecule has 0 N–H and O–H groups in total. The van der Waals surface area contributed by atoms with Gasteiger partial charge in [0, 0.05) is 25.4 Å². The molecule has 0 atom stereocenters. The summed E-state index contributed by atoms with van der Waals surface area (Å²) in [6, 6.07) is 3.73. The summed E-state index contributed by atoms with van der Waals surface area (Å²) >= 11 is 0. The molecular formula is C9H12F3N. The molecular weight excluding hydrogens is 179 g/mol. The summed E-state index contributed by atoms with van der Waals surface area (Å²) in [5.74, 6) is 0. The van der Waals surface area contributed by atoms with Crippen LogP contribution >= 0.6 is 0 Å². The molecule has 0 aliphatic carbocycles. The number of aryl methyl sites for hydroxylation is 1. The lowest BCUT2D eigenvalue weighted by molar-refractivity contribution is -0.135. The summed E-state index contributed by atoms with van der Waals surface area (Å²) in [5.41, 5.74) is 0. The Morgan fingerprint density at radius 1 is 1.00 bits per heavy atom. The van der Waals surface area contributed by atoms with E-state index in [4.69, 9.17) is 0 Å². The lowest BCUT2D eigenvalue weighted by Crippen LogP contribution is -2.07. The molecule has 0 bridgehead atoms. The zero-order valence-corrected chi connectivity index (χ0v) is 7.22. The van der Waals surface area contributed by atoms with Gasteiger partial charge in [-0.05, 0) is 25.0 Å². The van der Waals surface area contributed by atoms with Crippen LogP contribution in [0.4, 0.5) is 13.2 Å². The minimum Gasteiger partial charge on any atom is -0.354 e. The molecule has 0 aliphatic rings. The number of hydrogen-bond donors (Lipinski definition) is 0. The van der Waals surface area contributed by atoms with E-state index >= 15 is 0 Å². The highest BCUT2D eigenvalue weighted by Gasteiger charge is 2.25. The monoisotopic (exact) mass is 191 g/mol. The third-order valence-corrected chi connectivity index (χ3v) is 1.79. The van der Waals surface area contributed by atoms with Crippen LogP contribution in [0, 0.1) is 0 Å². The van der Waals surface area contributed by atoms with E-state index in [9.17, 15) is 13.2 Å². The SMILES string of the molecule is FC(F)(F)CCCCn1cccc1. The number of aromatic nitrogens is 1. The van der Waals surface area contributed by atoms with Crippen LogP contribution < -0.4 is 0 Å². The van der Waals surface area contributed by atoms with Crippen molar-refractivity contribution in [1.82, 2.24) is 4.57 Å². The fraction of sp³-hybridized carbons (Fsp3) is 0.556. The largest absolute Gasteiger partial charge is 0.389 e. The zero-order valence-electron chi connectivity index (χ0n) is 7.22. The number of nitrogens with zero attached hydrogens (tertiary/aromatic N) is 1. The van der Waals surface area contributed by atoms with E-state index < -0.39 is 12.6 Å². The van der Waals surface area contributed by atoms with E-state index in [-0.39, 0.29) is 6.42 Å². The van der Waals surface area contributed by atoms with Crippen LogP contribution in [0.25, 0.3) is 0 Å². The van der Waals surface area contributed by atoms with Crippen LogP contribution in [0.5, 0.6) is 0 Å². The Morgan fingerprint density at radius 2 is 1.62 bits per heavy atom. The number of halogens is 3. The molecule has 0 aliphatic heterocycles. The topological polar surface area (TPSA) is 4.93 Å². The lowest BCUT2D eigenvalue weighted by Gasteiger charge is -2.06. The molecule has 1 aromatic heterocycles. The standard InChI is InChI=1S/C9H12F3N/c10-9(11,12)5-1-2-6-13-7-3-4-8-13/h3-4,7-8H,1-2,5-6H2. The van der Waals surface area contributed by atoms with E-state index in [1.807, 2.05) is 29.1 Å². The van der Waals surface area contributed by atoms with E-state index in [0.717, 1.165) is 0 Å². The van der Waals surface area contributed by atoms with Crippen LogP contribution in [0.3, 0.4) is 0 Å². The van der Waals surface area contributed by atoms with Crippen molar-refractivity contribution in [2.75, 3.05) is 0 Å². The molecule has 0 saturated carbocycles. The predicted octanol–water partition coefficient (Wildman–Crippen LogP) is 3.22. The summed E-state index contributed by atoms with van der Waals surface area (Å²) < 4.78 is 37.0. The normalized spacial score (nSPS) is 11.9. The maximum atomic E-state index is 11.7. The van der Waals surface area contributed by atoms with Gasteiger partial charge in [-0.1, -0.05) is 0 Å². The smallest absolute Gasteiger partial charge is 0.354 e. The van der Waals surface area contributed by atoms with Gasteiger partial charge in [0.15, 0.2) is 0 Å². The zero-order chi connectivity index (χ0) is 9.73. The summed E-state index contributed by atoms with van der Waals surface area (Å²) in [6.45, 7) is 0.670. The molecule has 0 saturated heterocycles. The molecule has 4 heteroatoms. The van der Waals surface area contributed by atoms with Crippen molar-refractivity contribution >= 4 is 0 Å². The fourth-order valence-corrected chi connectivity index (χ4v) is 1.14. The number of rotatable bonds is 4. The van der Waals surface area contributed by atoms with Gasteiger partial charge in [-0.2, -0.15) is 13.2 Å². The Morgan fingerprint density at radius 3 is 2.15 bits per heavy atom. The first kappa shape index (κ1) is 10.2. The van der Waals surface area contributed by atoms with Gasteiger partial charge in [-0.25, -0.2) is 0 Å². The second-order valence-electron chi connectivity index (χ2n) is 2.99. The Bertz CT molecular complexity index is 226. The first-order valence-corrected chi connectivity index (χ1v) is 4.25. The molecule has 13 heavy (non-hydrogen) atoms. The third-order valence-electron chi connectivity index (χ3n) is 1.79. The number of hydrogen-bond acceptors (Lipinski definition) is 0. The number of unbranched alkanes of at least 4 members (excludes halogenated alkanes) is 1. The van der Waals surface area contributed by atoms with Crippen LogP contribution in [-0.4, -0.2) is 10.7 Å². The van der Waals surface area contributed by atoms with Gasteiger partial charge in [0.2, 0.25) is 0 Å². The number of alkyl halides is 3. The van der Waals surface area contributed by atoms with E-state index in [1.54, 1.807) is 0 Å². The Labute approximate surface area is 75.2 Å². The highest BCUT2D eigenvalue weighted by atomic mass is 19.4. The van der Waals surface area contributed by atoms with E-state index in [1.165, 1.54) is 0 Å². The maximum Gasteiger partial charge on any atom is 0.389 e. The second kappa shape index (κ2) is 4.35. The summed E-state index contributed by atoms with van der Waals surface area (Å²) in [5, 5.41) is 0. The molecule has 1 aromatic rings. The molecule has 74 valence electrons. The summed E-state index contributed by atoms with van der Waals surface area (Å²) in [6.07, 6.45) is -0.179. The second-order valence-corrected chi connectivity index (χ2v) is 2.99. The molecule has 1 rings (SSSR count). The van der Waals surface area contributed by atoms with Crippen molar-refractivity contribution in [1.29, 1.82) is 0 Å². The molecule has 1 heterocycles. The average molecular weight is 191 g/mol. The minimum atomic E-state index is -4.00. The predicted molar refractivity (Wildman–Crippen MR) is 44.3 cm³/mol. The van der Waals surface area contributed by atoms with Gasteiger partial charge in [-0.15, -0.1) is 0 Å². The van der Waals surface area contributed by atoms with Crippen molar-refractivity contribution in [2.45, 2.75) is 32.0 Å². The van der Waals surface area contributed by atoms with Crippen LogP contribution in [0.1, 0.15) is 19.3 Å². The first-order valence-electron chi connectivity index (χ1n) is 4.25. The summed E-state index contributed by atoms with van der Waals surface area (Å²) in [7, 11) is 0. The van der Waals surface area contributed by atoms with Crippen LogP contribution in [0.15, 0.2) is 24.5 Å². The Hall–Kier alpha value is -0.930. The molecule has 1 nitrogen and oxygen atoms in total. The highest BCUT2D eigenvalue weighted by Crippen LogP contribution is 2.22. The van der Waals surface area contributed by atoms with Gasteiger partial charge in [0.1, 0.15) is 0 Å². The van der Waals surface area contributed by atoms with Crippen molar-refractivity contribution in [2.24, 2.45) is 0 Å². The first-order chi connectivity index (χ1) is 6.08. The molecule has 0 amide bonds. The van der Waals surface area contributed by atoms with Gasteiger partial charge in [0.25, 0.3) is 0 Å². The molecule has 0 unspecified atom stereocenters. The van der Waals surface area contributed by atoms with Crippen LogP contribution in [0.2, 0.25) is 0 Å².